The van der Waals surface area contributed by atoms with Crippen LogP contribution in [-0.4, -0.2) is 45.8 Å². The summed E-state index contributed by atoms with van der Waals surface area (Å²) in [6.45, 7) is 9.17. The number of rotatable bonds is 9. The van der Waals surface area contributed by atoms with Gasteiger partial charge in [-0.15, -0.1) is 0 Å². The van der Waals surface area contributed by atoms with Crippen LogP contribution in [0, 0.1) is 0 Å². The largest absolute Gasteiger partial charge is 0.448 e. The first-order valence-corrected chi connectivity index (χ1v) is 13.7. The molecule has 1 aliphatic carbocycles. The fourth-order valence-electron chi connectivity index (χ4n) is 4.57. The van der Waals surface area contributed by atoms with Gasteiger partial charge in [0.05, 0.1) is 36.2 Å². The SMILES string of the molecule is CCOC(C)c1ncc(N)cn1.CCOC(C)c1ncc(NC(=O)OCC2c3ccccc3-c3ccccc32)cn1. The highest BCUT2D eigenvalue weighted by atomic mass is 16.5. The average molecular weight is 557 g/mol. The zero-order valence-electron chi connectivity index (χ0n) is 23.8. The number of nitrogens with two attached hydrogens (primary N) is 1. The summed E-state index contributed by atoms with van der Waals surface area (Å²) >= 11 is 0. The van der Waals surface area contributed by atoms with Crippen molar-refractivity contribution in [3.63, 3.8) is 0 Å². The van der Waals surface area contributed by atoms with Crippen molar-refractivity contribution in [3.8, 4) is 11.1 Å². The molecule has 1 amide bonds. The minimum absolute atomic E-state index is 0.0267. The normalized spacial score (nSPS) is 13.3. The lowest BCUT2D eigenvalue weighted by atomic mass is 9.98. The number of aromatic nitrogens is 4. The molecule has 0 bridgehead atoms. The Bertz CT molecular complexity index is 1370. The summed E-state index contributed by atoms with van der Waals surface area (Å²) in [7, 11) is 0. The Morgan fingerprint density at radius 1 is 0.805 bits per heavy atom. The number of amides is 1. The molecule has 0 spiro atoms. The molecule has 0 fully saturated rings. The summed E-state index contributed by atoms with van der Waals surface area (Å²) in [5.41, 5.74) is 11.2. The van der Waals surface area contributed by atoms with Crippen LogP contribution in [0.4, 0.5) is 16.2 Å². The summed E-state index contributed by atoms with van der Waals surface area (Å²) in [6.07, 6.45) is 5.49. The number of hydrogen-bond donors (Lipinski definition) is 2. The van der Waals surface area contributed by atoms with Crippen LogP contribution in [0.3, 0.4) is 0 Å². The van der Waals surface area contributed by atoms with Crippen LogP contribution in [0.5, 0.6) is 0 Å². The van der Waals surface area contributed by atoms with Crippen LogP contribution in [0.15, 0.2) is 73.3 Å². The molecular weight excluding hydrogens is 520 g/mol. The molecule has 2 aromatic heterocycles. The molecule has 41 heavy (non-hydrogen) atoms. The Morgan fingerprint density at radius 3 is 1.76 bits per heavy atom. The highest BCUT2D eigenvalue weighted by Crippen LogP contribution is 2.44. The third-order valence-corrected chi connectivity index (χ3v) is 6.51. The second kappa shape index (κ2) is 14.3. The van der Waals surface area contributed by atoms with E-state index in [2.05, 4.69) is 49.5 Å². The molecule has 0 radical (unpaired) electrons. The van der Waals surface area contributed by atoms with Crippen molar-refractivity contribution in [1.82, 2.24) is 19.9 Å². The van der Waals surface area contributed by atoms with Gasteiger partial charge in [-0.2, -0.15) is 0 Å². The molecule has 10 heteroatoms. The van der Waals surface area contributed by atoms with Gasteiger partial charge in [0.1, 0.15) is 18.8 Å². The average Bonchev–Trinajstić information content (AvgIpc) is 3.31. The molecule has 2 heterocycles. The number of fused-ring (bicyclic) bond motifs is 3. The Morgan fingerprint density at radius 2 is 1.27 bits per heavy atom. The topological polar surface area (TPSA) is 134 Å². The fourth-order valence-corrected chi connectivity index (χ4v) is 4.57. The highest BCUT2D eigenvalue weighted by molar-refractivity contribution is 5.84. The van der Waals surface area contributed by atoms with E-state index in [0.29, 0.717) is 36.2 Å². The summed E-state index contributed by atoms with van der Waals surface area (Å²) in [4.78, 5) is 28.9. The summed E-state index contributed by atoms with van der Waals surface area (Å²) in [6, 6.07) is 16.5. The van der Waals surface area contributed by atoms with E-state index < -0.39 is 6.09 Å². The lowest BCUT2D eigenvalue weighted by molar-refractivity contribution is 0.0699. The molecule has 0 aliphatic heterocycles. The smallest absolute Gasteiger partial charge is 0.411 e. The van der Waals surface area contributed by atoms with Crippen LogP contribution in [0.1, 0.15) is 68.6 Å². The van der Waals surface area contributed by atoms with Crippen molar-refractivity contribution in [1.29, 1.82) is 0 Å². The Labute approximate surface area is 240 Å². The van der Waals surface area contributed by atoms with Crippen LogP contribution in [0.2, 0.25) is 0 Å². The van der Waals surface area contributed by atoms with Gasteiger partial charge in [-0.3, -0.25) is 5.32 Å². The van der Waals surface area contributed by atoms with Crippen LogP contribution in [0.25, 0.3) is 11.1 Å². The molecule has 4 aromatic rings. The molecule has 214 valence electrons. The van der Waals surface area contributed by atoms with Crippen molar-refractivity contribution in [3.05, 3.63) is 96.1 Å². The predicted octanol–water partition coefficient (Wildman–Crippen LogP) is 6.09. The van der Waals surface area contributed by atoms with Crippen molar-refractivity contribution in [2.75, 3.05) is 30.9 Å². The van der Waals surface area contributed by atoms with E-state index >= 15 is 0 Å². The molecule has 3 N–H and O–H groups in total. The molecule has 2 atom stereocenters. The number of nitrogens with one attached hydrogen (secondary N) is 1. The molecule has 0 saturated carbocycles. The van der Waals surface area contributed by atoms with Crippen molar-refractivity contribution >= 4 is 17.5 Å². The molecule has 0 saturated heterocycles. The zero-order valence-corrected chi connectivity index (χ0v) is 23.8. The van der Waals surface area contributed by atoms with Gasteiger partial charge in [-0.1, -0.05) is 48.5 Å². The van der Waals surface area contributed by atoms with E-state index in [1.807, 2.05) is 52.0 Å². The maximum Gasteiger partial charge on any atom is 0.411 e. The minimum Gasteiger partial charge on any atom is -0.448 e. The highest BCUT2D eigenvalue weighted by Gasteiger charge is 2.29. The molecule has 1 aliphatic rings. The van der Waals surface area contributed by atoms with Gasteiger partial charge in [0.15, 0.2) is 11.6 Å². The van der Waals surface area contributed by atoms with Crippen LogP contribution in [-0.2, 0) is 14.2 Å². The van der Waals surface area contributed by atoms with Gasteiger partial charge >= 0.3 is 6.09 Å². The van der Waals surface area contributed by atoms with E-state index in [0.717, 1.165) is 0 Å². The number of carbonyl (C=O) groups excluding carboxylic acids is 1. The van der Waals surface area contributed by atoms with Crippen molar-refractivity contribution in [2.45, 2.75) is 45.8 Å². The number of benzene rings is 2. The van der Waals surface area contributed by atoms with Gasteiger partial charge < -0.3 is 19.9 Å². The Kier molecular flexibility index (Phi) is 10.3. The van der Waals surface area contributed by atoms with E-state index in [9.17, 15) is 4.79 Å². The zero-order chi connectivity index (χ0) is 29.2. The minimum atomic E-state index is -0.527. The van der Waals surface area contributed by atoms with E-state index in [-0.39, 0.29) is 24.7 Å². The number of anilines is 2. The summed E-state index contributed by atoms with van der Waals surface area (Å²) in [5.74, 6) is 1.27. The van der Waals surface area contributed by atoms with E-state index in [1.165, 1.54) is 22.3 Å². The Balaban J connectivity index is 0.000000271. The van der Waals surface area contributed by atoms with Gasteiger partial charge in [0.2, 0.25) is 0 Å². The van der Waals surface area contributed by atoms with Crippen molar-refractivity contribution < 1.29 is 19.0 Å². The third kappa shape index (κ3) is 7.62. The second-order valence-electron chi connectivity index (χ2n) is 9.35. The van der Waals surface area contributed by atoms with Gasteiger partial charge in [-0.25, -0.2) is 24.7 Å². The van der Waals surface area contributed by atoms with E-state index in [1.54, 1.807) is 24.8 Å². The number of nitrogens with zero attached hydrogens (tertiary/aromatic N) is 4. The van der Waals surface area contributed by atoms with Crippen LogP contribution < -0.4 is 11.1 Å². The quantitative estimate of drug-likeness (QED) is 0.251. The maximum absolute atomic E-state index is 12.3. The monoisotopic (exact) mass is 556 g/mol. The first-order chi connectivity index (χ1) is 19.9. The van der Waals surface area contributed by atoms with Gasteiger partial charge in [0, 0.05) is 19.1 Å². The fraction of sp³-hybridized carbons (Fsp3) is 0.323. The maximum atomic E-state index is 12.3. The van der Waals surface area contributed by atoms with Gasteiger partial charge in [-0.05, 0) is 49.9 Å². The van der Waals surface area contributed by atoms with Crippen molar-refractivity contribution in [2.24, 2.45) is 0 Å². The summed E-state index contributed by atoms with van der Waals surface area (Å²) in [5, 5.41) is 2.68. The number of carbonyl (C=O) groups is 1. The second-order valence-corrected chi connectivity index (χ2v) is 9.35. The predicted molar refractivity (Wildman–Crippen MR) is 157 cm³/mol. The standard InChI is InChI=1S/C23H23N3O3.C8H13N3O/c1-3-28-15(2)22-24-12-16(13-25-22)26-23(27)29-14-21-19-10-6-4-8-17(19)18-9-5-7-11-20(18)21;1-3-12-6(2)8-10-4-7(9)5-11-8/h4-13,15,21H,3,14H2,1-2H3,(H,26,27);4-6H,3,9H2,1-2H3. The molecule has 5 rings (SSSR count). The first-order valence-electron chi connectivity index (χ1n) is 13.7. The molecule has 10 nitrogen and oxygen atoms in total. The van der Waals surface area contributed by atoms with Gasteiger partial charge in [0.25, 0.3) is 0 Å². The van der Waals surface area contributed by atoms with Crippen LogP contribution >= 0.6 is 0 Å². The lowest BCUT2D eigenvalue weighted by Gasteiger charge is -2.15. The molecular formula is C31H36N6O4. The molecule has 2 unspecified atom stereocenters. The molecule has 2 aromatic carbocycles. The number of hydrogen-bond acceptors (Lipinski definition) is 9. The van der Waals surface area contributed by atoms with E-state index in [4.69, 9.17) is 19.9 Å². The number of nitrogen functional groups attached to an aromatic ring is 1. The number of ether oxygens (including phenoxy) is 3. The third-order valence-electron chi connectivity index (χ3n) is 6.51. The summed E-state index contributed by atoms with van der Waals surface area (Å²) < 4.78 is 16.3. The Hall–Kier alpha value is -4.41. The lowest BCUT2D eigenvalue weighted by Crippen LogP contribution is -2.18. The first kappa shape index (κ1) is 29.6.